The number of halogens is 1. The molecule has 7 nitrogen and oxygen atoms in total. The van der Waals surface area contributed by atoms with Crippen LogP contribution in [0.1, 0.15) is 12.5 Å². The maximum atomic E-state index is 5.95. The summed E-state index contributed by atoms with van der Waals surface area (Å²) in [6, 6.07) is 15.9. The molecule has 146 valence electrons. The van der Waals surface area contributed by atoms with Crippen molar-refractivity contribution in [1.29, 1.82) is 0 Å². The first-order chi connectivity index (χ1) is 13.7. The molecule has 3 rings (SSSR count). The van der Waals surface area contributed by atoms with Crippen LogP contribution in [0.5, 0.6) is 5.75 Å². The third-order valence-corrected chi connectivity index (χ3v) is 4.68. The number of aliphatic imine (C=N–C) groups is 1. The molecule has 0 spiro atoms. The minimum atomic E-state index is -0.0213. The van der Waals surface area contributed by atoms with E-state index in [2.05, 4.69) is 58.9 Å². The Balaban J connectivity index is 1.50. The van der Waals surface area contributed by atoms with Gasteiger partial charge in [-0.1, -0.05) is 30.3 Å². The van der Waals surface area contributed by atoms with Crippen LogP contribution in [0.2, 0.25) is 0 Å². The predicted octanol–water partition coefficient (Wildman–Crippen LogP) is 3.37. The standard InChI is InChI=1S/C20H23BrN6O/c1-14(28-18-9-4-3-8-17(18)21)11-23-20(22-2)24-12-15-6-5-7-16(10-15)19-25-13-26-27-19/h3-10,13-14H,11-12H2,1-2H3,(H2,22,23,24)(H,25,26,27). The lowest BCUT2D eigenvalue weighted by atomic mass is 10.1. The van der Waals surface area contributed by atoms with Crippen LogP contribution < -0.4 is 15.4 Å². The first-order valence-corrected chi connectivity index (χ1v) is 9.75. The summed E-state index contributed by atoms with van der Waals surface area (Å²) < 4.78 is 6.89. The fraction of sp³-hybridized carbons (Fsp3) is 0.250. The number of hydrogen-bond acceptors (Lipinski definition) is 4. The molecule has 0 bridgehead atoms. The van der Waals surface area contributed by atoms with Gasteiger partial charge in [-0.15, -0.1) is 0 Å². The number of H-pyrrole nitrogens is 1. The minimum absolute atomic E-state index is 0.0213. The van der Waals surface area contributed by atoms with E-state index in [-0.39, 0.29) is 6.10 Å². The number of aromatic nitrogens is 3. The lowest BCUT2D eigenvalue weighted by molar-refractivity contribution is 0.222. The number of benzene rings is 2. The highest BCUT2D eigenvalue weighted by molar-refractivity contribution is 9.10. The highest BCUT2D eigenvalue weighted by atomic mass is 79.9. The number of nitrogens with one attached hydrogen (secondary N) is 3. The van der Waals surface area contributed by atoms with E-state index < -0.39 is 0 Å². The molecular formula is C20H23BrN6O. The lowest BCUT2D eigenvalue weighted by Gasteiger charge is -2.18. The molecule has 0 saturated carbocycles. The van der Waals surface area contributed by atoms with Crippen LogP contribution in [0, 0.1) is 0 Å². The van der Waals surface area contributed by atoms with Crippen molar-refractivity contribution in [2.75, 3.05) is 13.6 Å². The SMILES string of the molecule is CN=C(NCc1cccc(-c2ncn[nH]2)c1)NCC(C)Oc1ccccc1Br. The first kappa shape index (κ1) is 19.9. The van der Waals surface area contributed by atoms with E-state index in [4.69, 9.17) is 4.74 Å². The molecule has 0 aliphatic rings. The summed E-state index contributed by atoms with van der Waals surface area (Å²) in [6.45, 7) is 3.28. The predicted molar refractivity (Wildman–Crippen MR) is 114 cm³/mol. The highest BCUT2D eigenvalue weighted by Gasteiger charge is 2.08. The van der Waals surface area contributed by atoms with Gasteiger partial charge < -0.3 is 15.4 Å². The van der Waals surface area contributed by atoms with Crippen molar-refractivity contribution in [3.05, 3.63) is 64.9 Å². The second-order valence-corrected chi connectivity index (χ2v) is 7.05. The number of guanidine groups is 1. The second-order valence-electron chi connectivity index (χ2n) is 6.20. The van der Waals surface area contributed by atoms with Gasteiger partial charge in [0.2, 0.25) is 0 Å². The quantitative estimate of drug-likeness (QED) is 0.385. The van der Waals surface area contributed by atoms with Gasteiger partial charge in [0.25, 0.3) is 0 Å². The van der Waals surface area contributed by atoms with E-state index in [1.165, 1.54) is 6.33 Å². The molecule has 3 aromatic rings. The summed E-state index contributed by atoms with van der Waals surface area (Å²) in [4.78, 5) is 8.46. The summed E-state index contributed by atoms with van der Waals surface area (Å²) in [5, 5.41) is 13.4. The molecular weight excluding hydrogens is 420 g/mol. The van der Waals surface area contributed by atoms with Crippen LogP contribution in [0.3, 0.4) is 0 Å². The molecule has 0 radical (unpaired) electrons. The zero-order valence-corrected chi connectivity index (χ0v) is 17.4. The van der Waals surface area contributed by atoms with Crippen LogP contribution in [0.15, 0.2) is 64.3 Å². The van der Waals surface area contributed by atoms with Gasteiger partial charge in [0, 0.05) is 19.2 Å². The zero-order chi connectivity index (χ0) is 19.8. The van der Waals surface area contributed by atoms with Gasteiger partial charge in [-0.05, 0) is 46.6 Å². The smallest absolute Gasteiger partial charge is 0.191 e. The maximum absolute atomic E-state index is 5.95. The fourth-order valence-electron chi connectivity index (χ4n) is 2.62. The molecule has 3 N–H and O–H groups in total. The van der Waals surface area contributed by atoms with Crippen LogP contribution in [0.25, 0.3) is 11.4 Å². The lowest BCUT2D eigenvalue weighted by Crippen LogP contribution is -2.41. The van der Waals surface area contributed by atoms with Crippen molar-refractivity contribution in [3.63, 3.8) is 0 Å². The Morgan fingerprint density at radius 1 is 1.21 bits per heavy atom. The molecule has 0 amide bonds. The Labute approximate surface area is 172 Å². The summed E-state index contributed by atoms with van der Waals surface area (Å²) in [7, 11) is 1.75. The average Bonchev–Trinajstić information content (AvgIpc) is 3.25. The van der Waals surface area contributed by atoms with Gasteiger partial charge in [-0.2, -0.15) is 5.10 Å². The second kappa shape index (κ2) is 9.89. The summed E-state index contributed by atoms with van der Waals surface area (Å²) in [5.74, 6) is 2.29. The van der Waals surface area contributed by atoms with E-state index in [0.717, 1.165) is 27.2 Å². The monoisotopic (exact) mass is 442 g/mol. The van der Waals surface area contributed by atoms with E-state index in [1.807, 2.05) is 43.3 Å². The number of ether oxygens (including phenoxy) is 1. The average molecular weight is 443 g/mol. The number of aromatic amines is 1. The topological polar surface area (TPSA) is 87.2 Å². The fourth-order valence-corrected chi connectivity index (χ4v) is 3.00. The van der Waals surface area contributed by atoms with Crippen molar-refractivity contribution in [1.82, 2.24) is 25.8 Å². The number of hydrogen-bond donors (Lipinski definition) is 3. The zero-order valence-electron chi connectivity index (χ0n) is 15.8. The highest BCUT2D eigenvalue weighted by Crippen LogP contribution is 2.24. The first-order valence-electron chi connectivity index (χ1n) is 8.96. The van der Waals surface area contributed by atoms with Crippen molar-refractivity contribution in [2.45, 2.75) is 19.6 Å². The Bertz CT molecular complexity index is 913. The number of nitrogens with zero attached hydrogens (tertiary/aromatic N) is 3. The Kier molecular flexibility index (Phi) is 7.02. The Hall–Kier alpha value is -2.87. The molecule has 0 saturated heterocycles. The van der Waals surface area contributed by atoms with E-state index in [9.17, 15) is 0 Å². The molecule has 0 aliphatic carbocycles. The van der Waals surface area contributed by atoms with Crippen molar-refractivity contribution in [2.24, 2.45) is 4.99 Å². The number of para-hydroxylation sites is 1. The third-order valence-electron chi connectivity index (χ3n) is 4.02. The molecule has 1 heterocycles. The molecule has 1 aromatic heterocycles. The molecule has 28 heavy (non-hydrogen) atoms. The van der Waals surface area contributed by atoms with Crippen LogP contribution in [-0.2, 0) is 6.54 Å². The molecule has 0 aliphatic heterocycles. The molecule has 8 heteroatoms. The molecule has 2 aromatic carbocycles. The molecule has 0 fully saturated rings. The van der Waals surface area contributed by atoms with Crippen LogP contribution in [-0.4, -0.2) is 40.8 Å². The van der Waals surface area contributed by atoms with Gasteiger partial charge in [0.15, 0.2) is 11.8 Å². The van der Waals surface area contributed by atoms with Crippen LogP contribution in [0.4, 0.5) is 0 Å². The van der Waals surface area contributed by atoms with E-state index in [1.54, 1.807) is 7.05 Å². The van der Waals surface area contributed by atoms with Gasteiger partial charge in [-0.3, -0.25) is 10.1 Å². The molecule has 1 atom stereocenters. The summed E-state index contributed by atoms with van der Waals surface area (Å²) in [5.41, 5.74) is 2.12. The third kappa shape index (κ3) is 5.56. The van der Waals surface area contributed by atoms with Gasteiger partial charge in [0.1, 0.15) is 18.2 Å². The summed E-state index contributed by atoms with van der Waals surface area (Å²) >= 11 is 3.50. The maximum Gasteiger partial charge on any atom is 0.191 e. The normalized spacial score (nSPS) is 12.5. The van der Waals surface area contributed by atoms with Crippen molar-refractivity contribution >= 4 is 21.9 Å². The van der Waals surface area contributed by atoms with Crippen LogP contribution >= 0.6 is 15.9 Å². The van der Waals surface area contributed by atoms with E-state index >= 15 is 0 Å². The van der Waals surface area contributed by atoms with Gasteiger partial charge >= 0.3 is 0 Å². The van der Waals surface area contributed by atoms with Crippen molar-refractivity contribution in [3.8, 4) is 17.1 Å². The minimum Gasteiger partial charge on any atom is -0.488 e. The summed E-state index contributed by atoms with van der Waals surface area (Å²) in [6.07, 6.45) is 1.48. The van der Waals surface area contributed by atoms with Crippen molar-refractivity contribution < 1.29 is 4.74 Å². The largest absolute Gasteiger partial charge is 0.488 e. The Morgan fingerprint density at radius 2 is 2.07 bits per heavy atom. The number of rotatable bonds is 7. The molecule has 1 unspecified atom stereocenters. The van der Waals surface area contributed by atoms with E-state index in [0.29, 0.717) is 19.0 Å². The van der Waals surface area contributed by atoms with Gasteiger partial charge in [-0.25, -0.2) is 4.98 Å². The Morgan fingerprint density at radius 3 is 2.82 bits per heavy atom. The van der Waals surface area contributed by atoms with Gasteiger partial charge in [0.05, 0.1) is 11.0 Å².